The van der Waals surface area contributed by atoms with E-state index in [1.54, 1.807) is 6.20 Å². The van der Waals surface area contributed by atoms with Crippen LogP contribution in [0.1, 0.15) is 24.5 Å². The van der Waals surface area contributed by atoms with Crippen molar-refractivity contribution < 1.29 is 13.9 Å². The fraction of sp³-hybridized carbons (Fsp3) is 0.412. The number of hydrogen-bond donors (Lipinski definition) is 2. The average Bonchev–Trinajstić information content (AvgIpc) is 3.03. The second kappa shape index (κ2) is 7.35. The Hall–Kier alpha value is -2.54. The summed E-state index contributed by atoms with van der Waals surface area (Å²) in [6.07, 6.45) is 1.66. The molecule has 1 atom stereocenters. The Labute approximate surface area is 141 Å². The molecule has 0 radical (unpaired) electrons. The highest BCUT2D eigenvalue weighted by atomic mass is 16.5. The van der Waals surface area contributed by atoms with Gasteiger partial charge in [0.1, 0.15) is 17.3 Å². The van der Waals surface area contributed by atoms with E-state index in [0.29, 0.717) is 18.9 Å². The highest BCUT2D eigenvalue weighted by Gasteiger charge is 2.14. The summed E-state index contributed by atoms with van der Waals surface area (Å²) in [5.74, 6) is 2.44. The number of aromatic nitrogens is 1. The smallest absolute Gasteiger partial charge is 0.319 e. The molecule has 1 aliphatic rings. The average molecular weight is 330 g/mol. The molecule has 0 bridgehead atoms. The minimum absolute atomic E-state index is 0.209. The van der Waals surface area contributed by atoms with Gasteiger partial charge in [0.25, 0.3) is 0 Å². The lowest BCUT2D eigenvalue weighted by molar-refractivity contribution is 0.122. The maximum atomic E-state index is 12.1. The van der Waals surface area contributed by atoms with Crippen molar-refractivity contribution in [3.8, 4) is 0 Å². The topological polar surface area (TPSA) is 79.6 Å². The molecule has 2 aromatic rings. The normalized spacial score (nSPS) is 15.8. The molecule has 3 rings (SSSR count). The number of rotatable bonds is 4. The molecule has 3 heterocycles. The van der Waals surface area contributed by atoms with Crippen LogP contribution in [0.4, 0.5) is 16.3 Å². The van der Waals surface area contributed by atoms with Gasteiger partial charge in [-0.3, -0.25) is 0 Å². The first-order valence-electron chi connectivity index (χ1n) is 8.04. The summed E-state index contributed by atoms with van der Waals surface area (Å²) < 4.78 is 10.8. The Morgan fingerprint density at radius 2 is 2.04 bits per heavy atom. The summed E-state index contributed by atoms with van der Waals surface area (Å²) >= 11 is 0. The zero-order valence-corrected chi connectivity index (χ0v) is 13.9. The maximum absolute atomic E-state index is 12.1. The van der Waals surface area contributed by atoms with E-state index >= 15 is 0 Å². The Morgan fingerprint density at radius 3 is 2.67 bits per heavy atom. The molecule has 0 aromatic carbocycles. The van der Waals surface area contributed by atoms with Gasteiger partial charge in [-0.05, 0) is 38.1 Å². The molecule has 0 saturated carbocycles. The van der Waals surface area contributed by atoms with Gasteiger partial charge in [0.05, 0.1) is 31.1 Å². The molecule has 1 fully saturated rings. The van der Waals surface area contributed by atoms with Crippen LogP contribution in [0.15, 0.2) is 34.9 Å². The summed E-state index contributed by atoms with van der Waals surface area (Å²) in [7, 11) is 0. The zero-order valence-electron chi connectivity index (χ0n) is 13.9. The zero-order chi connectivity index (χ0) is 16.9. The van der Waals surface area contributed by atoms with Gasteiger partial charge < -0.3 is 24.7 Å². The number of nitrogens with one attached hydrogen (secondary N) is 2. The molecule has 1 unspecified atom stereocenters. The summed E-state index contributed by atoms with van der Waals surface area (Å²) in [4.78, 5) is 18.6. The van der Waals surface area contributed by atoms with E-state index in [0.717, 1.165) is 30.4 Å². The number of amides is 2. The molecule has 1 saturated heterocycles. The van der Waals surface area contributed by atoms with E-state index in [1.807, 2.05) is 38.1 Å². The van der Waals surface area contributed by atoms with Gasteiger partial charge in [0.15, 0.2) is 0 Å². The highest BCUT2D eigenvalue weighted by molar-refractivity contribution is 5.89. The van der Waals surface area contributed by atoms with Crippen LogP contribution in [-0.4, -0.2) is 37.3 Å². The number of ether oxygens (including phenoxy) is 1. The standard InChI is InChI=1S/C17H22N4O3/c1-12-3-5-15(24-12)13(2)19-17(22)20-14-4-6-16(18-11-14)21-7-9-23-10-8-21/h3-6,11,13H,7-10H2,1-2H3,(H2,19,20,22). The van der Waals surface area contributed by atoms with Crippen molar-refractivity contribution in [1.29, 1.82) is 0 Å². The lowest BCUT2D eigenvalue weighted by Gasteiger charge is -2.27. The van der Waals surface area contributed by atoms with E-state index in [-0.39, 0.29) is 12.1 Å². The summed E-state index contributed by atoms with van der Waals surface area (Å²) in [6.45, 7) is 6.85. The van der Waals surface area contributed by atoms with Crippen LogP contribution >= 0.6 is 0 Å². The molecule has 2 N–H and O–H groups in total. The second-order valence-electron chi connectivity index (χ2n) is 5.77. The quantitative estimate of drug-likeness (QED) is 0.901. The summed E-state index contributed by atoms with van der Waals surface area (Å²) in [5.41, 5.74) is 0.646. The van der Waals surface area contributed by atoms with Crippen molar-refractivity contribution in [3.63, 3.8) is 0 Å². The molecule has 7 heteroatoms. The van der Waals surface area contributed by atoms with Crippen molar-refractivity contribution >= 4 is 17.5 Å². The number of urea groups is 1. The highest BCUT2D eigenvalue weighted by Crippen LogP contribution is 2.17. The van der Waals surface area contributed by atoms with Gasteiger partial charge in [-0.1, -0.05) is 0 Å². The van der Waals surface area contributed by atoms with Gasteiger partial charge in [-0.15, -0.1) is 0 Å². The van der Waals surface area contributed by atoms with Crippen molar-refractivity contribution in [1.82, 2.24) is 10.3 Å². The van der Waals surface area contributed by atoms with Gasteiger partial charge in [0.2, 0.25) is 0 Å². The lowest BCUT2D eigenvalue weighted by atomic mass is 10.2. The van der Waals surface area contributed by atoms with Crippen LogP contribution in [-0.2, 0) is 4.74 Å². The second-order valence-corrected chi connectivity index (χ2v) is 5.77. The van der Waals surface area contributed by atoms with Crippen molar-refractivity contribution in [3.05, 3.63) is 42.0 Å². The first-order valence-corrected chi connectivity index (χ1v) is 8.04. The van der Waals surface area contributed by atoms with Crippen LogP contribution < -0.4 is 15.5 Å². The first kappa shape index (κ1) is 16.3. The maximum Gasteiger partial charge on any atom is 0.319 e. The first-order chi connectivity index (χ1) is 11.6. The molecule has 2 aromatic heterocycles. The fourth-order valence-electron chi connectivity index (χ4n) is 2.56. The van der Waals surface area contributed by atoms with E-state index in [9.17, 15) is 4.79 Å². The van der Waals surface area contributed by atoms with Crippen LogP contribution in [0.5, 0.6) is 0 Å². The fourth-order valence-corrected chi connectivity index (χ4v) is 2.56. The van der Waals surface area contributed by atoms with Crippen molar-refractivity contribution in [2.45, 2.75) is 19.9 Å². The van der Waals surface area contributed by atoms with Crippen molar-refractivity contribution in [2.75, 3.05) is 36.5 Å². The molecular formula is C17H22N4O3. The van der Waals surface area contributed by atoms with E-state index in [4.69, 9.17) is 9.15 Å². The largest absolute Gasteiger partial charge is 0.464 e. The number of pyridine rings is 1. The number of hydrogen-bond acceptors (Lipinski definition) is 5. The Morgan fingerprint density at radius 1 is 1.25 bits per heavy atom. The minimum atomic E-state index is -0.294. The number of carbonyl (C=O) groups excluding carboxylic acids is 1. The van der Waals surface area contributed by atoms with Crippen LogP contribution in [0.2, 0.25) is 0 Å². The van der Waals surface area contributed by atoms with Gasteiger partial charge in [0, 0.05) is 13.1 Å². The molecule has 2 amide bonds. The molecule has 0 aliphatic carbocycles. The number of morpholine rings is 1. The third-order valence-electron chi connectivity index (χ3n) is 3.88. The van der Waals surface area contributed by atoms with Gasteiger partial charge >= 0.3 is 6.03 Å². The Balaban J connectivity index is 1.54. The number of carbonyl (C=O) groups is 1. The van der Waals surface area contributed by atoms with Gasteiger partial charge in [-0.25, -0.2) is 9.78 Å². The van der Waals surface area contributed by atoms with E-state index < -0.39 is 0 Å². The third-order valence-corrected chi connectivity index (χ3v) is 3.88. The molecule has 7 nitrogen and oxygen atoms in total. The molecule has 1 aliphatic heterocycles. The van der Waals surface area contributed by atoms with Crippen LogP contribution in [0.3, 0.4) is 0 Å². The molecule has 128 valence electrons. The Bertz CT molecular complexity index is 677. The number of aryl methyl sites for hydroxylation is 1. The minimum Gasteiger partial charge on any atom is -0.464 e. The van der Waals surface area contributed by atoms with Gasteiger partial charge in [-0.2, -0.15) is 0 Å². The van der Waals surface area contributed by atoms with E-state index in [1.165, 1.54) is 0 Å². The monoisotopic (exact) mass is 330 g/mol. The van der Waals surface area contributed by atoms with Crippen LogP contribution in [0.25, 0.3) is 0 Å². The van der Waals surface area contributed by atoms with E-state index in [2.05, 4.69) is 20.5 Å². The molecule has 0 spiro atoms. The SMILES string of the molecule is Cc1ccc(C(C)NC(=O)Nc2ccc(N3CCOCC3)nc2)o1. The third kappa shape index (κ3) is 4.05. The number of anilines is 2. The predicted molar refractivity (Wildman–Crippen MR) is 91.3 cm³/mol. The summed E-state index contributed by atoms with van der Waals surface area (Å²) in [6, 6.07) is 6.98. The number of furan rings is 1. The number of nitrogens with zero attached hydrogens (tertiary/aromatic N) is 2. The predicted octanol–water partition coefficient (Wildman–Crippen LogP) is 2.70. The lowest BCUT2D eigenvalue weighted by Crippen LogP contribution is -2.36. The summed E-state index contributed by atoms with van der Waals surface area (Å²) in [5, 5.41) is 5.62. The molecular weight excluding hydrogens is 308 g/mol. The molecule has 24 heavy (non-hydrogen) atoms. The van der Waals surface area contributed by atoms with Crippen LogP contribution in [0, 0.1) is 6.92 Å². The Kier molecular flexibility index (Phi) is 5.00. The van der Waals surface area contributed by atoms with Crippen molar-refractivity contribution in [2.24, 2.45) is 0 Å².